The van der Waals surface area contributed by atoms with Crippen molar-refractivity contribution in [2.45, 2.75) is 19.6 Å². The number of rotatable bonds is 2. The maximum atomic E-state index is 5.83. The molecule has 0 aliphatic carbocycles. The molecule has 1 rings (SSSR count). The van der Waals surface area contributed by atoms with Gasteiger partial charge >= 0.3 is 0 Å². The first-order chi connectivity index (χ1) is 5.88. The summed E-state index contributed by atoms with van der Waals surface area (Å²) >= 11 is 5.83. The third kappa shape index (κ3) is 3.28. The summed E-state index contributed by atoms with van der Waals surface area (Å²) in [5.41, 5.74) is 6.38. The van der Waals surface area contributed by atoms with Crippen LogP contribution in [0.25, 0.3) is 0 Å². The average Bonchev–Trinajstić information content (AvgIpc) is 1.94. The SMILES string of the molecule is C[Si](C)(C)Oc1cc(Cl)ccc1N. The van der Waals surface area contributed by atoms with E-state index in [-0.39, 0.29) is 0 Å². The molecule has 72 valence electrons. The van der Waals surface area contributed by atoms with Gasteiger partial charge in [0, 0.05) is 5.02 Å². The maximum Gasteiger partial charge on any atom is 0.242 e. The summed E-state index contributed by atoms with van der Waals surface area (Å²) in [6.07, 6.45) is 0. The summed E-state index contributed by atoms with van der Waals surface area (Å²) < 4.78 is 5.74. The van der Waals surface area contributed by atoms with E-state index in [1.165, 1.54) is 0 Å². The van der Waals surface area contributed by atoms with Gasteiger partial charge in [0.25, 0.3) is 0 Å². The second-order valence-electron chi connectivity index (χ2n) is 3.90. The molecule has 0 aliphatic heterocycles. The standard InChI is InChI=1S/C9H14ClNOSi/c1-13(2,3)12-9-6-7(10)4-5-8(9)11/h4-6H,11H2,1-3H3. The van der Waals surface area contributed by atoms with Crippen LogP contribution in [0.1, 0.15) is 0 Å². The lowest BCUT2D eigenvalue weighted by atomic mass is 10.3. The van der Waals surface area contributed by atoms with Crippen LogP contribution >= 0.6 is 11.6 Å². The fourth-order valence-electron chi connectivity index (χ4n) is 0.926. The van der Waals surface area contributed by atoms with Crippen molar-refractivity contribution >= 4 is 25.6 Å². The number of halogens is 1. The van der Waals surface area contributed by atoms with Gasteiger partial charge in [0.1, 0.15) is 5.75 Å². The van der Waals surface area contributed by atoms with Gasteiger partial charge in [-0.1, -0.05) is 11.6 Å². The van der Waals surface area contributed by atoms with Crippen LogP contribution in [0, 0.1) is 0 Å². The molecule has 2 nitrogen and oxygen atoms in total. The van der Waals surface area contributed by atoms with Crippen LogP contribution in [0.15, 0.2) is 18.2 Å². The number of hydrogen-bond donors (Lipinski definition) is 1. The van der Waals surface area contributed by atoms with Crippen molar-refractivity contribution in [2.75, 3.05) is 5.73 Å². The first-order valence-corrected chi connectivity index (χ1v) is 7.91. The van der Waals surface area contributed by atoms with Crippen molar-refractivity contribution in [1.82, 2.24) is 0 Å². The number of anilines is 1. The summed E-state index contributed by atoms with van der Waals surface area (Å²) in [5, 5.41) is 0.655. The van der Waals surface area contributed by atoms with Gasteiger partial charge in [-0.05, 0) is 37.8 Å². The van der Waals surface area contributed by atoms with Crippen molar-refractivity contribution in [3.8, 4) is 5.75 Å². The molecule has 4 heteroatoms. The maximum absolute atomic E-state index is 5.83. The van der Waals surface area contributed by atoms with Crippen LogP contribution in [0.3, 0.4) is 0 Å². The van der Waals surface area contributed by atoms with Crippen LogP contribution in [-0.2, 0) is 0 Å². The van der Waals surface area contributed by atoms with E-state index in [1.807, 2.05) is 0 Å². The molecule has 1 aromatic carbocycles. The molecule has 0 aromatic heterocycles. The molecule has 0 unspecified atom stereocenters. The van der Waals surface area contributed by atoms with E-state index >= 15 is 0 Å². The van der Waals surface area contributed by atoms with E-state index in [9.17, 15) is 0 Å². The van der Waals surface area contributed by atoms with E-state index in [1.54, 1.807) is 18.2 Å². The van der Waals surface area contributed by atoms with Crippen LogP contribution < -0.4 is 10.2 Å². The van der Waals surface area contributed by atoms with E-state index < -0.39 is 8.32 Å². The number of hydrogen-bond acceptors (Lipinski definition) is 2. The van der Waals surface area contributed by atoms with E-state index in [2.05, 4.69) is 19.6 Å². The minimum absolute atomic E-state index is 0.645. The predicted octanol–water partition coefficient (Wildman–Crippen LogP) is 3.14. The molecule has 0 amide bonds. The van der Waals surface area contributed by atoms with Gasteiger partial charge in [0.2, 0.25) is 8.32 Å². The quantitative estimate of drug-likeness (QED) is 0.608. The Kier molecular flexibility index (Phi) is 2.88. The summed E-state index contributed by atoms with van der Waals surface area (Å²) in [6, 6.07) is 5.28. The Bertz CT molecular complexity index is 309. The number of benzene rings is 1. The first kappa shape index (κ1) is 10.4. The number of nitrogens with two attached hydrogens (primary N) is 1. The summed E-state index contributed by atoms with van der Waals surface area (Å²) in [6.45, 7) is 6.31. The third-order valence-corrected chi connectivity index (χ3v) is 2.46. The molecule has 0 atom stereocenters. The Morgan fingerprint density at radius 3 is 2.46 bits per heavy atom. The van der Waals surface area contributed by atoms with Crippen LogP contribution in [0.4, 0.5) is 5.69 Å². The topological polar surface area (TPSA) is 35.2 Å². The summed E-state index contributed by atoms with van der Waals surface area (Å²) in [5.74, 6) is 0.701. The van der Waals surface area contributed by atoms with Gasteiger partial charge in [-0.3, -0.25) is 0 Å². The zero-order valence-electron chi connectivity index (χ0n) is 8.10. The van der Waals surface area contributed by atoms with Gasteiger partial charge < -0.3 is 10.2 Å². The summed E-state index contributed by atoms with van der Waals surface area (Å²) in [7, 11) is -1.59. The molecule has 0 radical (unpaired) electrons. The lowest BCUT2D eigenvalue weighted by Gasteiger charge is -2.20. The predicted molar refractivity (Wildman–Crippen MR) is 59.8 cm³/mol. The zero-order valence-corrected chi connectivity index (χ0v) is 9.85. The highest BCUT2D eigenvalue weighted by molar-refractivity contribution is 6.70. The molecular formula is C9H14ClNOSi. The lowest BCUT2D eigenvalue weighted by molar-refractivity contribution is 0.560. The van der Waals surface area contributed by atoms with Gasteiger partial charge in [-0.15, -0.1) is 0 Å². The molecule has 0 bridgehead atoms. The Morgan fingerprint density at radius 1 is 1.31 bits per heavy atom. The molecule has 0 fully saturated rings. The molecule has 0 saturated carbocycles. The molecule has 0 heterocycles. The van der Waals surface area contributed by atoms with Crippen molar-refractivity contribution in [3.05, 3.63) is 23.2 Å². The Labute approximate surface area is 84.8 Å². The second kappa shape index (κ2) is 3.60. The second-order valence-corrected chi connectivity index (χ2v) is 8.76. The van der Waals surface area contributed by atoms with Crippen LogP contribution in [0.2, 0.25) is 24.7 Å². The minimum Gasteiger partial charge on any atom is -0.543 e. The molecule has 2 N–H and O–H groups in total. The van der Waals surface area contributed by atoms with E-state index in [0.29, 0.717) is 16.5 Å². The molecule has 13 heavy (non-hydrogen) atoms. The van der Waals surface area contributed by atoms with Gasteiger partial charge in [0.15, 0.2) is 0 Å². The monoisotopic (exact) mass is 215 g/mol. The molecule has 0 saturated heterocycles. The van der Waals surface area contributed by atoms with Gasteiger partial charge in [-0.25, -0.2) is 0 Å². The van der Waals surface area contributed by atoms with Crippen molar-refractivity contribution in [3.63, 3.8) is 0 Å². The van der Waals surface area contributed by atoms with Gasteiger partial charge in [-0.2, -0.15) is 0 Å². The Balaban J connectivity index is 2.94. The normalized spacial score (nSPS) is 11.4. The van der Waals surface area contributed by atoms with Crippen molar-refractivity contribution in [2.24, 2.45) is 0 Å². The fourth-order valence-corrected chi connectivity index (χ4v) is 1.93. The summed E-state index contributed by atoms with van der Waals surface area (Å²) in [4.78, 5) is 0. The smallest absolute Gasteiger partial charge is 0.242 e. The molecule has 0 spiro atoms. The highest BCUT2D eigenvalue weighted by Gasteiger charge is 2.17. The first-order valence-electron chi connectivity index (χ1n) is 4.12. The van der Waals surface area contributed by atoms with E-state index in [0.717, 1.165) is 0 Å². The lowest BCUT2D eigenvalue weighted by Crippen LogP contribution is -2.29. The molecular weight excluding hydrogens is 202 g/mol. The fraction of sp³-hybridized carbons (Fsp3) is 0.333. The van der Waals surface area contributed by atoms with E-state index in [4.69, 9.17) is 21.8 Å². The Morgan fingerprint density at radius 2 is 1.92 bits per heavy atom. The minimum atomic E-state index is -1.59. The zero-order chi connectivity index (χ0) is 10.1. The van der Waals surface area contributed by atoms with Crippen molar-refractivity contribution < 1.29 is 4.43 Å². The molecule has 0 aliphatic rings. The van der Waals surface area contributed by atoms with Crippen molar-refractivity contribution in [1.29, 1.82) is 0 Å². The van der Waals surface area contributed by atoms with Crippen LogP contribution in [-0.4, -0.2) is 8.32 Å². The number of nitrogen functional groups attached to an aromatic ring is 1. The highest BCUT2D eigenvalue weighted by Crippen LogP contribution is 2.27. The average molecular weight is 216 g/mol. The van der Waals surface area contributed by atoms with Gasteiger partial charge in [0.05, 0.1) is 5.69 Å². The third-order valence-electron chi connectivity index (χ3n) is 1.39. The highest BCUT2D eigenvalue weighted by atomic mass is 35.5. The largest absolute Gasteiger partial charge is 0.543 e. The molecule has 1 aromatic rings. The van der Waals surface area contributed by atoms with Crippen LogP contribution in [0.5, 0.6) is 5.75 Å². The Hall–Kier alpha value is -0.673.